The van der Waals surface area contributed by atoms with Gasteiger partial charge in [0.1, 0.15) is 5.82 Å². The predicted octanol–water partition coefficient (Wildman–Crippen LogP) is 2.14. The summed E-state index contributed by atoms with van der Waals surface area (Å²) in [5, 5.41) is 2.89. The van der Waals surface area contributed by atoms with Crippen LogP contribution in [0.15, 0.2) is 42.6 Å². The molecule has 0 atom stereocenters. The number of rotatable bonds is 3. The van der Waals surface area contributed by atoms with Crippen LogP contribution in [-0.4, -0.2) is 53.1 Å². The predicted molar refractivity (Wildman–Crippen MR) is 92.8 cm³/mol. The SMILES string of the molecule is O=C1NCCN1C1CCN(c2ccnc(-c3ccccc3)n2)CC1. The largest absolute Gasteiger partial charge is 0.356 e. The molecule has 0 radical (unpaired) electrons. The number of amides is 2. The van der Waals surface area contributed by atoms with Gasteiger partial charge < -0.3 is 15.1 Å². The lowest BCUT2D eigenvalue weighted by molar-refractivity contribution is 0.186. The van der Waals surface area contributed by atoms with Crippen LogP contribution in [0.1, 0.15) is 12.8 Å². The molecule has 2 saturated heterocycles. The van der Waals surface area contributed by atoms with Crippen molar-refractivity contribution < 1.29 is 4.79 Å². The van der Waals surface area contributed by atoms with E-state index in [0.29, 0.717) is 6.04 Å². The molecule has 24 heavy (non-hydrogen) atoms. The number of anilines is 1. The lowest BCUT2D eigenvalue weighted by atomic mass is 10.0. The highest BCUT2D eigenvalue weighted by Crippen LogP contribution is 2.23. The Labute approximate surface area is 141 Å². The summed E-state index contributed by atoms with van der Waals surface area (Å²) in [5.74, 6) is 1.72. The topological polar surface area (TPSA) is 61.4 Å². The van der Waals surface area contributed by atoms with Crippen molar-refractivity contribution in [2.24, 2.45) is 0 Å². The van der Waals surface area contributed by atoms with Crippen molar-refractivity contribution in [3.63, 3.8) is 0 Å². The molecule has 4 rings (SSSR count). The van der Waals surface area contributed by atoms with Crippen LogP contribution in [0.3, 0.4) is 0 Å². The molecule has 3 heterocycles. The quantitative estimate of drug-likeness (QED) is 0.940. The third kappa shape index (κ3) is 2.91. The van der Waals surface area contributed by atoms with Gasteiger partial charge in [0.2, 0.25) is 0 Å². The van der Waals surface area contributed by atoms with E-state index in [2.05, 4.69) is 15.2 Å². The van der Waals surface area contributed by atoms with E-state index in [4.69, 9.17) is 4.98 Å². The standard InChI is InChI=1S/C18H21N5O/c24-18-20-10-13-23(18)15-7-11-22(12-8-15)16-6-9-19-17(21-16)14-4-2-1-3-5-14/h1-6,9,15H,7-8,10-13H2,(H,20,24). The van der Waals surface area contributed by atoms with Crippen LogP contribution in [0, 0.1) is 0 Å². The molecule has 2 aliphatic heterocycles. The fourth-order valence-corrected chi connectivity index (χ4v) is 3.49. The molecule has 6 nitrogen and oxygen atoms in total. The molecule has 0 bridgehead atoms. The number of carbonyl (C=O) groups excluding carboxylic acids is 1. The second kappa shape index (κ2) is 6.47. The van der Waals surface area contributed by atoms with Gasteiger partial charge in [-0.25, -0.2) is 14.8 Å². The Morgan fingerprint density at radius 1 is 1.04 bits per heavy atom. The van der Waals surface area contributed by atoms with Gasteiger partial charge in [-0.05, 0) is 18.9 Å². The van der Waals surface area contributed by atoms with E-state index in [0.717, 1.165) is 56.2 Å². The number of carbonyl (C=O) groups is 1. The van der Waals surface area contributed by atoms with Crippen molar-refractivity contribution in [2.45, 2.75) is 18.9 Å². The number of hydrogen-bond donors (Lipinski definition) is 1. The van der Waals surface area contributed by atoms with Crippen molar-refractivity contribution in [3.8, 4) is 11.4 Å². The van der Waals surface area contributed by atoms with Gasteiger partial charge in [0.25, 0.3) is 0 Å². The zero-order chi connectivity index (χ0) is 16.4. The van der Waals surface area contributed by atoms with Crippen LogP contribution in [-0.2, 0) is 0 Å². The van der Waals surface area contributed by atoms with Gasteiger partial charge >= 0.3 is 6.03 Å². The van der Waals surface area contributed by atoms with E-state index in [1.165, 1.54) is 0 Å². The number of nitrogens with zero attached hydrogens (tertiary/aromatic N) is 4. The van der Waals surface area contributed by atoms with Crippen molar-refractivity contribution >= 4 is 11.8 Å². The van der Waals surface area contributed by atoms with E-state index in [1.54, 1.807) is 0 Å². The molecule has 1 N–H and O–H groups in total. The van der Waals surface area contributed by atoms with Gasteiger partial charge in [-0.2, -0.15) is 0 Å². The van der Waals surface area contributed by atoms with Crippen molar-refractivity contribution in [1.29, 1.82) is 0 Å². The van der Waals surface area contributed by atoms with E-state index in [9.17, 15) is 4.79 Å². The molecule has 124 valence electrons. The highest BCUT2D eigenvalue weighted by molar-refractivity contribution is 5.76. The Balaban J connectivity index is 1.45. The van der Waals surface area contributed by atoms with E-state index < -0.39 is 0 Å². The van der Waals surface area contributed by atoms with Gasteiger partial charge in [0.15, 0.2) is 5.82 Å². The highest BCUT2D eigenvalue weighted by Gasteiger charge is 2.30. The normalized spacial score (nSPS) is 18.8. The molecule has 1 aromatic heterocycles. The van der Waals surface area contributed by atoms with Gasteiger partial charge in [-0.15, -0.1) is 0 Å². The average molecular weight is 323 g/mol. The summed E-state index contributed by atoms with van der Waals surface area (Å²) in [6, 6.07) is 12.4. The Kier molecular flexibility index (Phi) is 4.02. The molecule has 2 aromatic rings. The Morgan fingerprint density at radius 2 is 1.83 bits per heavy atom. The molecular formula is C18H21N5O. The molecule has 0 spiro atoms. The van der Waals surface area contributed by atoms with E-state index >= 15 is 0 Å². The molecule has 0 unspecified atom stereocenters. The summed E-state index contributed by atoms with van der Waals surface area (Å²) in [7, 11) is 0. The first kappa shape index (κ1) is 14.9. The number of hydrogen-bond acceptors (Lipinski definition) is 4. The average Bonchev–Trinajstić information content (AvgIpc) is 3.09. The molecule has 2 aliphatic rings. The first-order valence-corrected chi connectivity index (χ1v) is 8.49. The monoisotopic (exact) mass is 323 g/mol. The Hall–Kier alpha value is -2.63. The fraction of sp³-hybridized carbons (Fsp3) is 0.389. The minimum absolute atomic E-state index is 0.0850. The molecule has 1 aromatic carbocycles. The minimum atomic E-state index is 0.0850. The van der Waals surface area contributed by atoms with Gasteiger partial charge in [0.05, 0.1) is 0 Å². The van der Waals surface area contributed by atoms with E-state index in [1.807, 2.05) is 47.5 Å². The first-order valence-electron chi connectivity index (χ1n) is 8.49. The lowest BCUT2D eigenvalue weighted by Gasteiger charge is -2.36. The number of aromatic nitrogens is 2. The summed E-state index contributed by atoms with van der Waals surface area (Å²) < 4.78 is 0. The van der Waals surface area contributed by atoms with Crippen LogP contribution < -0.4 is 10.2 Å². The van der Waals surface area contributed by atoms with Crippen LogP contribution in [0.5, 0.6) is 0 Å². The maximum atomic E-state index is 11.8. The maximum Gasteiger partial charge on any atom is 0.317 e. The number of urea groups is 1. The fourth-order valence-electron chi connectivity index (χ4n) is 3.49. The van der Waals surface area contributed by atoms with Crippen LogP contribution >= 0.6 is 0 Å². The summed E-state index contributed by atoms with van der Waals surface area (Å²) in [6.07, 6.45) is 3.79. The van der Waals surface area contributed by atoms with Crippen molar-refractivity contribution in [1.82, 2.24) is 20.2 Å². The Bertz CT molecular complexity index is 712. The van der Waals surface area contributed by atoms with Crippen LogP contribution in [0.25, 0.3) is 11.4 Å². The number of piperidine rings is 1. The molecule has 0 saturated carbocycles. The number of benzene rings is 1. The summed E-state index contributed by atoms with van der Waals surface area (Å²) in [4.78, 5) is 25.2. The second-order valence-corrected chi connectivity index (χ2v) is 6.25. The summed E-state index contributed by atoms with van der Waals surface area (Å²) in [6.45, 7) is 3.43. The van der Waals surface area contributed by atoms with Crippen molar-refractivity contribution in [2.75, 3.05) is 31.1 Å². The zero-order valence-electron chi connectivity index (χ0n) is 13.6. The minimum Gasteiger partial charge on any atom is -0.356 e. The smallest absolute Gasteiger partial charge is 0.317 e. The number of nitrogens with one attached hydrogen (secondary N) is 1. The third-order valence-corrected chi connectivity index (χ3v) is 4.79. The molecule has 2 fully saturated rings. The van der Waals surface area contributed by atoms with Gasteiger partial charge in [-0.3, -0.25) is 0 Å². The summed E-state index contributed by atoms with van der Waals surface area (Å²) in [5.41, 5.74) is 1.03. The van der Waals surface area contributed by atoms with Crippen LogP contribution in [0.2, 0.25) is 0 Å². The van der Waals surface area contributed by atoms with Crippen molar-refractivity contribution in [3.05, 3.63) is 42.6 Å². The molecule has 0 aliphatic carbocycles. The maximum absolute atomic E-state index is 11.8. The van der Waals surface area contributed by atoms with E-state index in [-0.39, 0.29) is 6.03 Å². The van der Waals surface area contributed by atoms with Crippen LogP contribution in [0.4, 0.5) is 10.6 Å². The first-order chi connectivity index (χ1) is 11.8. The Morgan fingerprint density at radius 3 is 2.54 bits per heavy atom. The lowest BCUT2D eigenvalue weighted by Crippen LogP contribution is -2.46. The second-order valence-electron chi connectivity index (χ2n) is 6.25. The molecule has 6 heteroatoms. The highest BCUT2D eigenvalue weighted by atomic mass is 16.2. The molecule has 2 amide bonds. The summed E-state index contributed by atoms with van der Waals surface area (Å²) >= 11 is 0. The molecular weight excluding hydrogens is 302 g/mol. The van der Waals surface area contributed by atoms with Gasteiger partial charge in [-0.1, -0.05) is 30.3 Å². The third-order valence-electron chi connectivity index (χ3n) is 4.79. The van der Waals surface area contributed by atoms with Gasteiger partial charge in [0, 0.05) is 44.0 Å². The zero-order valence-corrected chi connectivity index (χ0v) is 13.6.